The molecule has 4 rings (SSSR count). The van der Waals surface area contributed by atoms with E-state index in [1.165, 1.54) is 27.8 Å². The summed E-state index contributed by atoms with van der Waals surface area (Å²) in [6.07, 6.45) is 0.433. The van der Waals surface area contributed by atoms with E-state index in [2.05, 4.69) is 20.8 Å². The van der Waals surface area contributed by atoms with E-state index >= 15 is 0 Å². The maximum absolute atomic E-state index is 13.6. The number of sulfonamides is 1. The fraction of sp³-hybridized carbons (Fsp3) is 0.440. The molecule has 2 atom stereocenters. The summed E-state index contributed by atoms with van der Waals surface area (Å²) in [4.78, 5) is 22.2. The van der Waals surface area contributed by atoms with Crippen molar-refractivity contribution in [1.29, 1.82) is 0 Å². The van der Waals surface area contributed by atoms with Gasteiger partial charge < -0.3 is 9.64 Å². The number of amides is 1. The molecule has 0 saturated carbocycles. The topological polar surface area (TPSA) is 83.1 Å². The first-order chi connectivity index (χ1) is 17.0. The van der Waals surface area contributed by atoms with E-state index in [-0.39, 0.29) is 35.4 Å². The van der Waals surface area contributed by atoms with E-state index in [9.17, 15) is 13.2 Å². The molecule has 1 saturated heterocycles. The molecule has 8 nitrogen and oxygen atoms in total. The van der Waals surface area contributed by atoms with Crippen LogP contribution in [0.5, 0.6) is 0 Å². The number of carbonyl (C=O) groups excluding carboxylic acids is 1. The van der Waals surface area contributed by atoms with Crippen LogP contribution in [-0.2, 0) is 14.8 Å². The number of ether oxygens (including phenoxy) is 1. The molecule has 2 heterocycles. The Kier molecular flexibility index (Phi) is 10.1. The van der Waals surface area contributed by atoms with Gasteiger partial charge in [-0.3, -0.25) is 9.69 Å². The van der Waals surface area contributed by atoms with Crippen molar-refractivity contribution in [2.24, 2.45) is 0 Å². The monoisotopic (exact) mass is 630 g/mol. The van der Waals surface area contributed by atoms with Crippen molar-refractivity contribution in [2.75, 3.05) is 45.2 Å². The van der Waals surface area contributed by atoms with Crippen molar-refractivity contribution in [2.45, 2.75) is 37.4 Å². The zero-order chi connectivity index (χ0) is 26.0. The Hall–Kier alpha value is -1.60. The van der Waals surface area contributed by atoms with Crippen molar-refractivity contribution in [3.05, 3.63) is 52.5 Å². The van der Waals surface area contributed by atoms with Gasteiger partial charge >= 0.3 is 0 Å². The minimum atomic E-state index is -3.68. The summed E-state index contributed by atoms with van der Waals surface area (Å²) in [7, 11) is 0.313. The Bertz CT molecular complexity index is 1320. The lowest BCUT2D eigenvalue weighted by Gasteiger charge is -2.34. The number of hydrogen-bond acceptors (Lipinski definition) is 7. The minimum absolute atomic E-state index is 0. The number of thiazole rings is 1. The number of anilines is 1. The zero-order valence-corrected chi connectivity index (χ0v) is 25.3. The van der Waals surface area contributed by atoms with Crippen LogP contribution >= 0.6 is 39.7 Å². The van der Waals surface area contributed by atoms with Crippen molar-refractivity contribution in [3.63, 3.8) is 0 Å². The molecule has 1 aliphatic rings. The molecule has 37 heavy (non-hydrogen) atoms. The molecule has 1 fully saturated rings. The van der Waals surface area contributed by atoms with Crippen LogP contribution in [0.25, 0.3) is 10.2 Å². The summed E-state index contributed by atoms with van der Waals surface area (Å²) < 4.78 is 35.5. The van der Waals surface area contributed by atoms with Crippen molar-refractivity contribution < 1.29 is 17.9 Å². The number of carbonyl (C=O) groups is 1. The third kappa shape index (κ3) is 7.08. The number of fused-ring (bicyclic) bond motifs is 1. The summed E-state index contributed by atoms with van der Waals surface area (Å²) in [5.41, 5.74) is 1.25. The standard InChI is InChI=1S/C25H31BrN4O4S2.ClH/c1-17-15-29(16-18(2)34-17)36(32,33)21-9-6-19(7-10-21)24(31)30(13-5-12-28(3)4)25-27-22-11-8-20(26)14-23(22)35-25;/h6-11,14,17-18H,5,12-13,15-16H2,1-4H3;1H. The molecule has 2 aromatic carbocycles. The number of benzene rings is 2. The number of morpholine rings is 1. The first-order valence-corrected chi connectivity index (χ1v) is 14.9. The Morgan fingerprint density at radius 1 is 1.11 bits per heavy atom. The smallest absolute Gasteiger partial charge is 0.260 e. The van der Waals surface area contributed by atoms with Crippen molar-refractivity contribution in [1.82, 2.24) is 14.2 Å². The lowest BCUT2D eigenvalue weighted by molar-refractivity contribution is -0.0440. The molecule has 0 spiro atoms. The van der Waals surface area contributed by atoms with E-state index in [0.717, 1.165) is 27.7 Å². The molecule has 0 aliphatic carbocycles. The van der Waals surface area contributed by atoms with Gasteiger partial charge in [0.15, 0.2) is 5.13 Å². The van der Waals surface area contributed by atoms with Gasteiger partial charge in [0.1, 0.15) is 0 Å². The highest BCUT2D eigenvalue weighted by molar-refractivity contribution is 9.10. The van der Waals surface area contributed by atoms with E-state index in [0.29, 0.717) is 30.3 Å². The van der Waals surface area contributed by atoms with Gasteiger partial charge in [0.05, 0.1) is 27.3 Å². The average molecular weight is 632 g/mol. The SMILES string of the molecule is CC1CN(S(=O)(=O)c2ccc(C(=O)N(CCCN(C)C)c3nc4ccc(Br)cc4s3)cc2)CC(C)O1.Cl. The van der Waals surface area contributed by atoms with Crippen LogP contribution in [0.3, 0.4) is 0 Å². The number of nitrogens with zero attached hydrogens (tertiary/aromatic N) is 4. The summed E-state index contributed by atoms with van der Waals surface area (Å²) in [5, 5.41) is 0.625. The van der Waals surface area contributed by atoms with E-state index in [1.807, 2.05) is 46.1 Å². The van der Waals surface area contributed by atoms with Crippen molar-refractivity contribution >= 4 is 71.0 Å². The second-order valence-electron chi connectivity index (χ2n) is 9.33. The Labute approximate surface area is 237 Å². The molecule has 1 aliphatic heterocycles. The average Bonchev–Trinajstić information content (AvgIpc) is 3.23. The first kappa shape index (κ1) is 29.9. The molecule has 3 aromatic rings. The quantitative estimate of drug-likeness (QED) is 0.353. The molecule has 202 valence electrons. The van der Waals surface area contributed by atoms with E-state index < -0.39 is 10.0 Å². The first-order valence-electron chi connectivity index (χ1n) is 11.8. The molecular formula is C25H32BrClN4O4S2. The van der Waals surface area contributed by atoms with Crippen LogP contribution in [0.2, 0.25) is 0 Å². The van der Waals surface area contributed by atoms with E-state index in [1.54, 1.807) is 17.0 Å². The molecule has 0 radical (unpaired) electrons. The second kappa shape index (κ2) is 12.5. The zero-order valence-electron chi connectivity index (χ0n) is 21.3. The highest BCUT2D eigenvalue weighted by Crippen LogP contribution is 2.32. The Balaban J connectivity index is 0.00000380. The minimum Gasteiger partial charge on any atom is -0.373 e. The van der Waals surface area contributed by atoms with Crippen LogP contribution in [0.1, 0.15) is 30.6 Å². The van der Waals surface area contributed by atoms with Crippen LogP contribution < -0.4 is 4.90 Å². The van der Waals surface area contributed by atoms with Crippen LogP contribution in [0, 0.1) is 0 Å². The summed E-state index contributed by atoms with van der Waals surface area (Å²) in [6.45, 7) is 5.67. The summed E-state index contributed by atoms with van der Waals surface area (Å²) >= 11 is 4.96. The van der Waals surface area contributed by atoms with Gasteiger partial charge in [0.2, 0.25) is 10.0 Å². The van der Waals surface area contributed by atoms with Gasteiger partial charge in [0.25, 0.3) is 5.91 Å². The number of hydrogen-bond donors (Lipinski definition) is 0. The van der Waals surface area contributed by atoms with E-state index in [4.69, 9.17) is 9.72 Å². The van der Waals surface area contributed by atoms with Crippen molar-refractivity contribution in [3.8, 4) is 0 Å². The molecule has 1 amide bonds. The van der Waals surface area contributed by atoms with Crippen LogP contribution in [0.4, 0.5) is 5.13 Å². The Morgan fingerprint density at radius 3 is 2.38 bits per heavy atom. The number of aromatic nitrogens is 1. The van der Waals surface area contributed by atoms with Gasteiger partial charge in [-0.2, -0.15) is 4.31 Å². The maximum Gasteiger partial charge on any atom is 0.260 e. The largest absolute Gasteiger partial charge is 0.373 e. The van der Waals surface area contributed by atoms with Gasteiger partial charge in [-0.05, 0) is 83.4 Å². The molecule has 0 N–H and O–H groups in total. The number of halogens is 2. The van der Waals surface area contributed by atoms with Gasteiger partial charge in [-0.25, -0.2) is 13.4 Å². The lowest BCUT2D eigenvalue weighted by Crippen LogP contribution is -2.48. The van der Waals surface area contributed by atoms with Gasteiger partial charge in [0, 0.05) is 29.7 Å². The van der Waals surface area contributed by atoms with Gasteiger partial charge in [-0.1, -0.05) is 27.3 Å². The Morgan fingerprint density at radius 2 is 1.76 bits per heavy atom. The molecule has 12 heteroatoms. The summed E-state index contributed by atoms with van der Waals surface area (Å²) in [6, 6.07) is 12.1. The predicted octanol–water partition coefficient (Wildman–Crippen LogP) is 4.88. The van der Waals surface area contributed by atoms with Crippen LogP contribution in [0.15, 0.2) is 51.8 Å². The molecule has 0 bridgehead atoms. The highest BCUT2D eigenvalue weighted by Gasteiger charge is 2.32. The highest BCUT2D eigenvalue weighted by atomic mass is 79.9. The fourth-order valence-corrected chi connectivity index (χ4v) is 7.36. The maximum atomic E-state index is 13.6. The lowest BCUT2D eigenvalue weighted by atomic mass is 10.2. The molecule has 1 aromatic heterocycles. The van der Waals surface area contributed by atoms with Gasteiger partial charge in [-0.15, -0.1) is 12.4 Å². The fourth-order valence-electron chi connectivity index (χ4n) is 4.23. The third-order valence-corrected chi connectivity index (χ3v) is 9.31. The predicted molar refractivity (Wildman–Crippen MR) is 155 cm³/mol. The number of rotatable bonds is 8. The third-order valence-electron chi connectivity index (χ3n) is 5.93. The normalized spacial score (nSPS) is 18.6. The van der Waals surface area contributed by atoms with Crippen LogP contribution in [-0.4, -0.2) is 81.0 Å². The molecular weight excluding hydrogens is 600 g/mol. The second-order valence-corrected chi connectivity index (χ2v) is 13.2. The molecule has 2 unspecified atom stereocenters. The summed E-state index contributed by atoms with van der Waals surface area (Å²) in [5.74, 6) is -0.204.